The van der Waals surface area contributed by atoms with Crippen LogP contribution in [0, 0.1) is 0 Å². The standard InChI is InChI=1S/C10H16N2/c1-4-8-6-7-12-10(11-3)9(8)5-2/h6-7H,4-5H2,1-3H3,(H,11,12). The monoisotopic (exact) mass is 164 g/mol. The van der Waals surface area contributed by atoms with Crippen molar-refractivity contribution in [1.82, 2.24) is 4.98 Å². The van der Waals surface area contributed by atoms with Crippen LogP contribution in [0.3, 0.4) is 0 Å². The molecule has 12 heavy (non-hydrogen) atoms. The smallest absolute Gasteiger partial charge is 0.129 e. The third-order valence-corrected chi connectivity index (χ3v) is 2.12. The number of nitrogens with zero attached hydrogens (tertiary/aromatic N) is 1. The molecule has 0 atom stereocenters. The lowest BCUT2D eigenvalue weighted by atomic mass is 10.1. The minimum Gasteiger partial charge on any atom is -0.373 e. The van der Waals surface area contributed by atoms with Gasteiger partial charge in [0, 0.05) is 13.2 Å². The lowest BCUT2D eigenvalue weighted by Gasteiger charge is -2.09. The van der Waals surface area contributed by atoms with Gasteiger partial charge in [0.05, 0.1) is 0 Å². The molecule has 0 fully saturated rings. The Morgan fingerprint density at radius 3 is 2.58 bits per heavy atom. The number of hydrogen-bond donors (Lipinski definition) is 1. The first-order valence-electron chi connectivity index (χ1n) is 4.48. The molecule has 0 saturated heterocycles. The van der Waals surface area contributed by atoms with E-state index in [0.29, 0.717) is 0 Å². The predicted molar refractivity (Wildman–Crippen MR) is 52.5 cm³/mol. The van der Waals surface area contributed by atoms with Gasteiger partial charge in [0.25, 0.3) is 0 Å². The molecule has 0 radical (unpaired) electrons. The highest BCUT2D eigenvalue weighted by Crippen LogP contribution is 2.17. The number of hydrogen-bond acceptors (Lipinski definition) is 2. The van der Waals surface area contributed by atoms with E-state index in [4.69, 9.17) is 0 Å². The summed E-state index contributed by atoms with van der Waals surface area (Å²) in [7, 11) is 1.92. The molecule has 0 aliphatic carbocycles. The highest BCUT2D eigenvalue weighted by Gasteiger charge is 2.03. The first kappa shape index (κ1) is 9.04. The summed E-state index contributed by atoms with van der Waals surface area (Å²) in [4.78, 5) is 4.27. The lowest BCUT2D eigenvalue weighted by molar-refractivity contribution is 1.01. The van der Waals surface area contributed by atoms with E-state index in [0.717, 1.165) is 18.7 Å². The third kappa shape index (κ3) is 1.58. The summed E-state index contributed by atoms with van der Waals surface area (Å²) < 4.78 is 0. The van der Waals surface area contributed by atoms with Crippen molar-refractivity contribution in [2.75, 3.05) is 12.4 Å². The summed E-state index contributed by atoms with van der Waals surface area (Å²) >= 11 is 0. The zero-order chi connectivity index (χ0) is 8.97. The summed E-state index contributed by atoms with van der Waals surface area (Å²) in [5.41, 5.74) is 2.75. The lowest BCUT2D eigenvalue weighted by Crippen LogP contribution is -2.01. The molecule has 0 saturated carbocycles. The van der Waals surface area contributed by atoms with Crippen molar-refractivity contribution in [2.45, 2.75) is 26.7 Å². The van der Waals surface area contributed by atoms with Crippen LogP contribution in [-0.2, 0) is 12.8 Å². The zero-order valence-electron chi connectivity index (χ0n) is 8.02. The quantitative estimate of drug-likeness (QED) is 0.741. The van der Waals surface area contributed by atoms with E-state index in [1.165, 1.54) is 11.1 Å². The number of anilines is 1. The van der Waals surface area contributed by atoms with Crippen LogP contribution in [0.5, 0.6) is 0 Å². The average molecular weight is 164 g/mol. The van der Waals surface area contributed by atoms with Crippen molar-refractivity contribution in [3.8, 4) is 0 Å². The molecule has 1 aromatic rings. The van der Waals surface area contributed by atoms with Crippen LogP contribution in [-0.4, -0.2) is 12.0 Å². The molecule has 1 N–H and O–H groups in total. The van der Waals surface area contributed by atoms with E-state index < -0.39 is 0 Å². The summed E-state index contributed by atoms with van der Waals surface area (Å²) in [5.74, 6) is 1.02. The number of nitrogens with one attached hydrogen (secondary N) is 1. The molecule has 0 amide bonds. The highest BCUT2D eigenvalue weighted by atomic mass is 15.0. The molecule has 1 rings (SSSR count). The minimum atomic E-state index is 1.02. The fraction of sp³-hybridized carbons (Fsp3) is 0.500. The van der Waals surface area contributed by atoms with E-state index >= 15 is 0 Å². The Labute approximate surface area is 74.0 Å². The maximum absolute atomic E-state index is 4.27. The predicted octanol–water partition coefficient (Wildman–Crippen LogP) is 2.25. The fourth-order valence-electron chi connectivity index (χ4n) is 1.47. The van der Waals surface area contributed by atoms with Gasteiger partial charge in [-0.25, -0.2) is 4.98 Å². The zero-order valence-corrected chi connectivity index (χ0v) is 8.02. The van der Waals surface area contributed by atoms with Crippen LogP contribution in [0.25, 0.3) is 0 Å². The molecule has 2 heteroatoms. The van der Waals surface area contributed by atoms with Crippen molar-refractivity contribution >= 4 is 5.82 Å². The normalized spacial score (nSPS) is 9.92. The first-order valence-corrected chi connectivity index (χ1v) is 4.48. The van der Waals surface area contributed by atoms with Crippen LogP contribution < -0.4 is 5.32 Å². The Bertz CT molecular complexity index is 234. The Hall–Kier alpha value is -1.05. The number of pyridine rings is 1. The minimum absolute atomic E-state index is 1.02. The molecular weight excluding hydrogens is 148 g/mol. The number of aromatic nitrogens is 1. The maximum Gasteiger partial charge on any atom is 0.129 e. The molecule has 1 heterocycles. The summed E-state index contributed by atoms with van der Waals surface area (Å²) in [6, 6.07) is 2.10. The van der Waals surface area contributed by atoms with Gasteiger partial charge in [-0.2, -0.15) is 0 Å². The fourth-order valence-corrected chi connectivity index (χ4v) is 1.47. The van der Waals surface area contributed by atoms with Gasteiger partial charge in [-0.05, 0) is 30.0 Å². The number of aryl methyl sites for hydroxylation is 1. The second kappa shape index (κ2) is 4.10. The Morgan fingerprint density at radius 1 is 1.33 bits per heavy atom. The Balaban J connectivity index is 3.13. The number of rotatable bonds is 3. The van der Waals surface area contributed by atoms with Crippen LogP contribution in [0.1, 0.15) is 25.0 Å². The van der Waals surface area contributed by atoms with Crippen LogP contribution in [0.15, 0.2) is 12.3 Å². The van der Waals surface area contributed by atoms with Gasteiger partial charge < -0.3 is 5.32 Å². The molecule has 1 aromatic heterocycles. The second-order valence-electron chi connectivity index (χ2n) is 2.75. The Kier molecular flexibility index (Phi) is 3.09. The summed E-state index contributed by atoms with van der Waals surface area (Å²) in [6.45, 7) is 4.34. The van der Waals surface area contributed by atoms with Gasteiger partial charge in [0.2, 0.25) is 0 Å². The third-order valence-electron chi connectivity index (χ3n) is 2.12. The van der Waals surface area contributed by atoms with Gasteiger partial charge in [-0.3, -0.25) is 0 Å². The van der Waals surface area contributed by atoms with E-state index in [1.807, 2.05) is 13.2 Å². The topological polar surface area (TPSA) is 24.9 Å². The van der Waals surface area contributed by atoms with Gasteiger partial charge in [0.1, 0.15) is 5.82 Å². The van der Waals surface area contributed by atoms with Crippen LogP contribution in [0.4, 0.5) is 5.82 Å². The van der Waals surface area contributed by atoms with E-state index in [9.17, 15) is 0 Å². The van der Waals surface area contributed by atoms with E-state index in [2.05, 4.69) is 30.2 Å². The molecular formula is C10H16N2. The average Bonchev–Trinajstić information content (AvgIpc) is 2.16. The molecule has 0 bridgehead atoms. The molecule has 0 unspecified atom stereocenters. The maximum atomic E-state index is 4.27. The largest absolute Gasteiger partial charge is 0.373 e. The van der Waals surface area contributed by atoms with Gasteiger partial charge in [0.15, 0.2) is 0 Å². The molecule has 66 valence electrons. The van der Waals surface area contributed by atoms with Gasteiger partial charge >= 0.3 is 0 Å². The van der Waals surface area contributed by atoms with Gasteiger partial charge in [-0.1, -0.05) is 13.8 Å². The van der Waals surface area contributed by atoms with Crippen LogP contribution in [0.2, 0.25) is 0 Å². The van der Waals surface area contributed by atoms with Crippen molar-refractivity contribution < 1.29 is 0 Å². The molecule has 2 nitrogen and oxygen atoms in total. The van der Waals surface area contributed by atoms with Crippen molar-refractivity contribution in [3.63, 3.8) is 0 Å². The van der Waals surface area contributed by atoms with E-state index in [1.54, 1.807) is 0 Å². The SMILES string of the molecule is CCc1ccnc(NC)c1CC. The van der Waals surface area contributed by atoms with Gasteiger partial charge in [-0.15, -0.1) is 0 Å². The Morgan fingerprint density at radius 2 is 2.08 bits per heavy atom. The molecule has 0 spiro atoms. The van der Waals surface area contributed by atoms with Crippen molar-refractivity contribution in [3.05, 3.63) is 23.4 Å². The molecule has 0 aliphatic heterocycles. The molecule has 0 aliphatic rings. The summed E-state index contributed by atoms with van der Waals surface area (Å²) in [6.07, 6.45) is 4.00. The van der Waals surface area contributed by atoms with Crippen molar-refractivity contribution in [2.24, 2.45) is 0 Å². The van der Waals surface area contributed by atoms with Crippen LogP contribution >= 0.6 is 0 Å². The molecule has 0 aromatic carbocycles. The first-order chi connectivity index (χ1) is 5.83. The van der Waals surface area contributed by atoms with E-state index in [-0.39, 0.29) is 0 Å². The summed E-state index contributed by atoms with van der Waals surface area (Å²) in [5, 5.41) is 3.11. The highest BCUT2D eigenvalue weighted by molar-refractivity contribution is 5.47. The van der Waals surface area contributed by atoms with Crippen molar-refractivity contribution in [1.29, 1.82) is 0 Å². The second-order valence-corrected chi connectivity index (χ2v) is 2.75.